The Kier molecular flexibility index (Phi) is 6.72. The molecule has 0 saturated carbocycles. The molecule has 0 bridgehead atoms. The van der Waals surface area contributed by atoms with Crippen molar-refractivity contribution in [3.63, 3.8) is 0 Å². The molecule has 7 nitrogen and oxygen atoms in total. The first-order valence-electron chi connectivity index (χ1n) is 10.3. The average Bonchev–Trinajstić information content (AvgIpc) is 3.39. The van der Waals surface area contributed by atoms with Crippen molar-refractivity contribution < 1.29 is 9.53 Å². The van der Waals surface area contributed by atoms with Gasteiger partial charge in [0.2, 0.25) is 0 Å². The Morgan fingerprint density at radius 1 is 1.03 bits per heavy atom. The summed E-state index contributed by atoms with van der Waals surface area (Å²) in [6.07, 6.45) is 1.69. The second-order valence-corrected chi connectivity index (χ2v) is 8.54. The number of carbonyl (C=O) groups is 1. The summed E-state index contributed by atoms with van der Waals surface area (Å²) in [5.41, 5.74) is 4.00. The number of hydrogen-bond acceptors (Lipinski definition) is 4. The lowest BCUT2D eigenvalue weighted by Crippen LogP contribution is -2.15. The lowest BCUT2D eigenvalue weighted by atomic mass is 10.1. The van der Waals surface area contributed by atoms with E-state index in [1.807, 2.05) is 57.2 Å². The summed E-state index contributed by atoms with van der Waals surface area (Å²) in [4.78, 5) is 12.6. The van der Waals surface area contributed by atoms with Crippen LogP contribution in [-0.4, -0.2) is 25.5 Å². The summed E-state index contributed by atoms with van der Waals surface area (Å²) < 4.78 is 9.13. The smallest absolute Gasteiger partial charge is 0.277 e. The highest BCUT2D eigenvalue weighted by molar-refractivity contribution is 6.32. The molecule has 0 radical (unpaired) electrons. The molecule has 0 saturated heterocycles. The molecule has 4 rings (SSSR count). The SMILES string of the molecule is Cc1cc(OCn2ccc(C(=O)Nc3cc(C)n(Cc4ccccc4Cl)n3)n2)cc(C)c1Cl. The first-order chi connectivity index (χ1) is 15.8. The summed E-state index contributed by atoms with van der Waals surface area (Å²) in [7, 11) is 0. The Hall–Kier alpha value is -3.29. The zero-order chi connectivity index (χ0) is 23.5. The van der Waals surface area contributed by atoms with E-state index < -0.39 is 0 Å². The monoisotopic (exact) mass is 483 g/mol. The highest BCUT2D eigenvalue weighted by Gasteiger charge is 2.14. The van der Waals surface area contributed by atoms with Gasteiger partial charge in [0.05, 0.1) is 6.54 Å². The van der Waals surface area contributed by atoms with Crippen LogP contribution in [0.15, 0.2) is 54.7 Å². The molecule has 2 aromatic carbocycles. The molecule has 170 valence electrons. The Morgan fingerprint density at radius 3 is 2.48 bits per heavy atom. The third kappa shape index (κ3) is 5.38. The molecule has 0 fully saturated rings. The predicted octanol–water partition coefficient (Wildman–Crippen LogP) is 5.65. The number of halogens is 2. The van der Waals surface area contributed by atoms with E-state index in [-0.39, 0.29) is 18.3 Å². The van der Waals surface area contributed by atoms with Crippen molar-refractivity contribution in [3.05, 3.63) is 92.9 Å². The maximum Gasteiger partial charge on any atom is 0.277 e. The minimum atomic E-state index is -0.352. The molecule has 0 spiro atoms. The van der Waals surface area contributed by atoms with Gasteiger partial charge in [-0.1, -0.05) is 41.4 Å². The van der Waals surface area contributed by atoms with E-state index in [1.165, 1.54) is 0 Å². The number of aryl methyl sites for hydroxylation is 3. The van der Waals surface area contributed by atoms with Gasteiger partial charge in [-0.25, -0.2) is 4.68 Å². The average molecular weight is 484 g/mol. The summed E-state index contributed by atoms with van der Waals surface area (Å²) in [5, 5.41) is 13.0. The van der Waals surface area contributed by atoms with Crippen molar-refractivity contribution in [2.45, 2.75) is 34.0 Å². The molecular weight excluding hydrogens is 461 g/mol. The number of benzene rings is 2. The third-order valence-corrected chi connectivity index (χ3v) is 6.11. The lowest BCUT2D eigenvalue weighted by molar-refractivity contribution is 0.101. The molecule has 0 aliphatic carbocycles. The van der Waals surface area contributed by atoms with Crippen LogP contribution in [0.2, 0.25) is 10.0 Å². The molecule has 2 aromatic heterocycles. The van der Waals surface area contributed by atoms with Crippen LogP contribution in [0.1, 0.15) is 32.9 Å². The number of amides is 1. The van der Waals surface area contributed by atoms with E-state index in [2.05, 4.69) is 15.5 Å². The molecule has 0 aliphatic rings. The van der Waals surface area contributed by atoms with Gasteiger partial charge in [-0.15, -0.1) is 0 Å². The first kappa shape index (κ1) is 22.9. The zero-order valence-corrected chi connectivity index (χ0v) is 20.0. The number of anilines is 1. The Labute approximate surface area is 201 Å². The van der Waals surface area contributed by atoms with Crippen molar-refractivity contribution >= 4 is 34.9 Å². The summed E-state index contributed by atoms with van der Waals surface area (Å²) in [6, 6.07) is 14.8. The minimum absolute atomic E-state index is 0.166. The van der Waals surface area contributed by atoms with E-state index in [1.54, 1.807) is 27.7 Å². The number of nitrogens with one attached hydrogen (secondary N) is 1. The van der Waals surface area contributed by atoms with E-state index in [0.29, 0.717) is 23.1 Å². The molecule has 1 N–H and O–H groups in total. The topological polar surface area (TPSA) is 74.0 Å². The summed E-state index contributed by atoms with van der Waals surface area (Å²) in [5.74, 6) is 0.784. The number of aromatic nitrogens is 4. The van der Waals surface area contributed by atoms with Crippen molar-refractivity contribution in [2.24, 2.45) is 0 Å². The molecular formula is C24H23Cl2N5O2. The van der Waals surface area contributed by atoms with Gasteiger partial charge in [-0.3, -0.25) is 9.48 Å². The van der Waals surface area contributed by atoms with E-state index in [4.69, 9.17) is 27.9 Å². The fraction of sp³-hybridized carbons (Fsp3) is 0.208. The van der Waals surface area contributed by atoms with Crippen LogP contribution in [0.5, 0.6) is 5.75 Å². The van der Waals surface area contributed by atoms with Crippen LogP contribution in [0.25, 0.3) is 0 Å². The molecule has 9 heteroatoms. The lowest BCUT2D eigenvalue weighted by Gasteiger charge is -2.10. The van der Waals surface area contributed by atoms with Crippen LogP contribution in [0.3, 0.4) is 0 Å². The van der Waals surface area contributed by atoms with Gasteiger partial charge in [0.25, 0.3) is 5.91 Å². The van der Waals surface area contributed by atoms with E-state index >= 15 is 0 Å². The van der Waals surface area contributed by atoms with Gasteiger partial charge < -0.3 is 10.1 Å². The fourth-order valence-electron chi connectivity index (χ4n) is 3.38. The van der Waals surface area contributed by atoms with Crippen molar-refractivity contribution in [2.75, 3.05) is 5.32 Å². The second kappa shape index (κ2) is 9.68. The molecule has 0 aliphatic heterocycles. The summed E-state index contributed by atoms with van der Waals surface area (Å²) in [6.45, 7) is 6.45. The minimum Gasteiger partial charge on any atom is -0.471 e. The molecule has 0 atom stereocenters. The van der Waals surface area contributed by atoms with Gasteiger partial charge in [0.1, 0.15) is 5.75 Å². The molecule has 33 heavy (non-hydrogen) atoms. The Morgan fingerprint density at radius 2 is 1.76 bits per heavy atom. The standard InChI is InChI=1S/C24H23Cl2N5O2/c1-15-10-19(11-16(2)23(15)26)33-14-30-9-8-21(28-30)24(32)27-22-12-17(3)31(29-22)13-18-6-4-5-7-20(18)25/h4-12H,13-14H2,1-3H3,(H,27,29,32). The number of ether oxygens (including phenoxy) is 1. The predicted molar refractivity (Wildman–Crippen MR) is 129 cm³/mol. The molecule has 0 unspecified atom stereocenters. The van der Waals surface area contributed by atoms with Crippen LogP contribution in [0.4, 0.5) is 5.82 Å². The van der Waals surface area contributed by atoms with Gasteiger partial charge in [-0.05, 0) is 61.7 Å². The molecule has 1 amide bonds. The zero-order valence-electron chi connectivity index (χ0n) is 18.5. The second-order valence-electron chi connectivity index (χ2n) is 7.76. The summed E-state index contributed by atoms with van der Waals surface area (Å²) >= 11 is 12.4. The van der Waals surface area contributed by atoms with Gasteiger partial charge >= 0.3 is 0 Å². The highest BCUT2D eigenvalue weighted by atomic mass is 35.5. The number of hydrogen-bond donors (Lipinski definition) is 1. The normalized spacial score (nSPS) is 10.9. The Balaban J connectivity index is 1.38. The van der Waals surface area contributed by atoms with E-state index in [9.17, 15) is 4.79 Å². The number of nitrogens with zero attached hydrogens (tertiary/aromatic N) is 4. The van der Waals surface area contributed by atoms with E-state index in [0.717, 1.165) is 27.4 Å². The number of rotatable bonds is 7. The van der Waals surface area contributed by atoms with Gasteiger partial charge in [-0.2, -0.15) is 10.2 Å². The van der Waals surface area contributed by atoms with Crippen LogP contribution in [-0.2, 0) is 13.3 Å². The molecule has 2 heterocycles. The quantitative estimate of drug-likeness (QED) is 0.368. The van der Waals surface area contributed by atoms with Gasteiger partial charge in [0, 0.05) is 28.0 Å². The Bertz CT molecular complexity index is 1290. The van der Waals surface area contributed by atoms with Crippen molar-refractivity contribution in [3.8, 4) is 5.75 Å². The van der Waals surface area contributed by atoms with Crippen LogP contribution < -0.4 is 10.1 Å². The maximum atomic E-state index is 12.6. The third-order valence-electron chi connectivity index (χ3n) is 5.15. The van der Waals surface area contributed by atoms with Crippen LogP contribution >= 0.6 is 23.2 Å². The number of carbonyl (C=O) groups excluding carboxylic acids is 1. The fourth-order valence-corrected chi connectivity index (χ4v) is 3.69. The first-order valence-corrected chi connectivity index (χ1v) is 11.1. The van der Waals surface area contributed by atoms with Gasteiger partial charge in [0.15, 0.2) is 18.2 Å². The maximum absolute atomic E-state index is 12.6. The van der Waals surface area contributed by atoms with Crippen molar-refractivity contribution in [1.29, 1.82) is 0 Å². The largest absolute Gasteiger partial charge is 0.471 e. The molecule has 4 aromatic rings. The van der Waals surface area contributed by atoms with Crippen molar-refractivity contribution in [1.82, 2.24) is 19.6 Å². The van der Waals surface area contributed by atoms with Crippen LogP contribution in [0, 0.1) is 20.8 Å². The highest BCUT2D eigenvalue weighted by Crippen LogP contribution is 2.26.